The maximum atomic E-state index is 15.1. The molecule has 1 unspecified atom stereocenters. The van der Waals surface area contributed by atoms with Crippen molar-refractivity contribution >= 4 is 36.3 Å². The summed E-state index contributed by atoms with van der Waals surface area (Å²) in [5, 5.41) is 4.13. The van der Waals surface area contributed by atoms with Crippen molar-refractivity contribution in [2.75, 3.05) is 18.1 Å². The van der Waals surface area contributed by atoms with Gasteiger partial charge in [-0.3, -0.25) is 9.52 Å². The van der Waals surface area contributed by atoms with Gasteiger partial charge in [0.15, 0.2) is 5.82 Å². The SMILES string of the molecule is CC1(C)CC2(S)CCc3ccccc3SNC(=O)c3ccc(-n4nc(OCCC5(C(F)(F)F)CC5)cc4F)nc3N1C2. The highest BCUT2D eigenvalue weighted by molar-refractivity contribution is 7.98. The lowest BCUT2D eigenvalue weighted by molar-refractivity contribution is -0.190. The maximum Gasteiger partial charge on any atom is 0.394 e. The maximum absolute atomic E-state index is 15.1. The lowest BCUT2D eigenvalue weighted by atomic mass is 9.91. The topological polar surface area (TPSA) is 72.3 Å². The smallest absolute Gasteiger partial charge is 0.394 e. The number of hydrogen-bond acceptors (Lipinski definition) is 7. The minimum atomic E-state index is -4.29. The van der Waals surface area contributed by atoms with Gasteiger partial charge in [-0.15, -0.1) is 5.10 Å². The third-order valence-electron chi connectivity index (χ3n) is 8.54. The molecule has 1 amide bonds. The Labute approximate surface area is 250 Å². The normalized spacial score (nSPS) is 22.8. The van der Waals surface area contributed by atoms with Crippen molar-refractivity contribution in [2.24, 2.45) is 5.41 Å². The molecule has 2 fully saturated rings. The number of fused-ring (bicyclic) bond motifs is 5. The van der Waals surface area contributed by atoms with Gasteiger partial charge in [-0.05, 0) is 88.1 Å². The Hall–Kier alpha value is -2.93. The van der Waals surface area contributed by atoms with Crippen molar-refractivity contribution in [1.29, 1.82) is 0 Å². The Balaban J connectivity index is 1.31. The lowest BCUT2D eigenvalue weighted by Gasteiger charge is -2.33. The van der Waals surface area contributed by atoms with E-state index in [9.17, 15) is 18.0 Å². The monoisotopic (exact) mass is 621 g/mol. The van der Waals surface area contributed by atoms with Crippen molar-refractivity contribution < 1.29 is 27.1 Å². The van der Waals surface area contributed by atoms with Gasteiger partial charge in [0, 0.05) is 21.7 Å². The number of amides is 1. The number of halogens is 4. The van der Waals surface area contributed by atoms with E-state index in [1.165, 1.54) is 18.0 Å². The fraction of sp³-hybridized carbons (Fsp3) is 0.483. The number of rotatable bonds is 5. The summed E-state index contributed by atoms with van der Waals surface area (Å²) in [6.45, 7) is 4.42. The average molecular weight is 622 g/mol. The van der Waals surface area contributed by atoms with Crippen molar-refractivity contribution in [3.05, 3.63) is 59.5 Å². The molecule has 2 bridgehead atoms. The van der Waals surface area contributed by atoms with Crippen LogP contribution in [-0.2, 0) is 6.42 Å². The molecule has 1 N–H and O–H groups in total. The molecular formula is C29H31F4N5O2S2. The predicted molar refractivity (Wildman–Crippen MR) is 155 cm³/mol. The van der Waals surface area contributed by atoms with Crippen LogP contribution in [0.4, 0.5) is 23.4 Å². The molecule has 3 aliphatic rings. The van der Waals surface area contributed by atoms with Crippen LogP contribution in [0.2, 0.25) is 0 Å². The number of anilines is 1. The number of benzene rings is 1. The van der Waals surface area contributed by atoms with Crippen LogP contribution in [0.1, 0.15) is 61.9 Å². The molecule has 1 saturated carbocycles. The van der Waals surface area contributed by atoms with E-state index in [-0.39, 0.29) is 48.2 Å². The van der Waals surface area contributed by atoms with Gasteiger partial charge in [0.25, 0.3) is 5.91 Å². The van der Waals surface area contributed by atoms with E-state index in [2.05, 4.69) is 29.7 Å². The highest BCUT2D eigenvalue weighted by atomic mass is 32.2. The molecule has 1 aliphatic carbocycles. The number of nitrogens with zero attached hydrogens (tertiary/aromatic N) is 4. The minimum Gasteiger partial charge on any atom is -0.476 e. The van der Waals surface area contributed by atoms with Crippen LogP contribution in [0.15, 0.2) is 47.4 Å². The summed E-state index contributed by atoms with van der Waals surface area (Å²) >= 11 is 6.36. The highest BCUT2D eigenvalue weighted by Crippen LogP contribution is 2.59. The van der Waals surface area contributed by atoms with Gasteiger partial charge in [0.05, 0.1) is 23.7 Å². The van der Waals surface area contributed by atoms with Gasteiger partial charge in [-0.2, -0.15) is 34.9 Å². The zero-order valence-electron chi connectivity index (χ0n) is 23.2. The van der Waals surface area contributed by atoms with E-state index in [0.717, 1.165) is 40.5 Å². The highest BCUT2D eigenvalue weighted by Gasteiger charge is 2.62. The number of aromatic nitrogens is 3. The summed E-state index contributed by atoms with van der Waals surface area (Å²) in [5.74, 6) is -0.785. The molecule has 1 atom stereocenters. The number of carbonyl (C=O) groups excluding carboxylic acids is 1. The summed E-state index contributed by atoms with van der Waals surface area (Å²) in [6.07, 6.45) is -2.03. The predicted octanol–water partition coefficient (Wildman–Crippen LogP) is 6.56. The molecule has 0 radical (unpaired) electrons. The minimum absolute atomic E-state index is 0.0702. The first-order chi connectivity index (χ1) is 19.8. The van der Waals surface area contributed by atoms with Gasteiger partial charge in [-0.25, -0.2) is 4.98 Å². The molecule has 1 aromatic carbocycles. The van der Waals surface area contributed by atoms with Gasteiger partial charge < -0.3 is 9.64 Å². The fourth-order valence-corrected chi connectivity index (χ4v) is 7.41. The molecule has 42 heavy (non-hydrogen) atoms. The quantitative estimate of drug-likeness (QED) is 0.191. The molecule has 2 aliphatic heterocycles. The Morgan fingerprint density at radius 2 is 1.90 bits per heavy atom. The molecule has 2 aromatic heterocycles. The Morgan fingerprint density at radius 1 is 1.14 bits per heavy atom. The number of pyridine rings is 1. The zero-order valence-corrected chi connectivity index (χ0v) is 24.9. The van der Waals surface area contributed by atoms with Crippen molar-refractivity contribution in [2.45, 2.75) is 73.7 Å². The van der Waals surface area contributed by atoms with Crippen LogP contribution in [0.25, 0.3) is 5.82 Å². The van der Waals surface area contributed by atoms with E-state index in [0.29, 0.717) is 17.9 Å². The number of nitrogens with one attached hydrogen (secondary N) is 1. The van der Waals surface area contributed by atoms with Gasteiger partial charge in [-0.1, -0.05) is 18.2 Å². The van der Waals surface area contributed by atoms with Crippen molar-refractivity contribution in [3.63, 3.8) is 0 Å². The first-order valence-corrected chi connectivity index (χ1v) is 15.1. The van der Waals surface area contributed by atoms with Gasteiger partial charge >= 0.3 is 6.18 Å². The van der Waals surface area contributed by atoms with E-state index in [1.807, 2.05) is 23.1 Å². The summed E-state index contributed by atoms with van der Waals surface area (Å²) < 4.78 is 63.7. The number of thiol groups is 1. The second-order valence-corrected chi connectivity index (χ2v) is 13.9. The van der Waals surface area contributed by atoms with E-state index in [1.54, 1.807) is 6.07 Å². The van der Waals surface area contributed by atoms with E-state index < -0.39 is 23.1 Å². The molecule has 224 valence electrons. The van der Waals surface area contributed by atoms with Crippen LogP contribution >= 0.6 is 24.6 Å². The van der Waals surface area contributed by atoms with Crippen molar-refractivity contribution in [1.82, 2.24) is 19.5 Å². The first kappa shape index (κ1) is 29.2. The largest absolute Gasteiger partial charge is 0.476 e. The summed E-state index contributed by atoms with van der Waals surface area (Å²) in [6, 6.07) is 12.0. The number of hydrogen-bond donors (Lipinski definition) is 2. The van der Waals surface area contributed by atoms with Gasteiger partial charge in [0.1, 0.15) is 5.82 Å². The van der Waals surface area contributed by atoms with E-state index in [4.69, 9.17) is 22.3 Å². The molecule has 0 spiro atoms. The summed E-state index contributed by atoms with van der Waals surface area (Å²) in [7, 11) is 0. The fourth-order valence-electron chi connectivity index (χ4n) is 6.01. The van der Waals surface area contributed by atoms with Crippen molar-refractivity contribution in [3.8, 4) is 11.7 Å². The number of carbonyl (C=O) groups is 1. The second-order valence-electron chi connectivity index (χ2n) is 12.1. The molecule has 6 rings (SSSR count). The third kappa shape index (κ3) is 5.45. The molecule has 13 heteroatoms. The van der Waals surface area contributed by atoms with Gasteiger partial charge in [0.2, 0.25) is 11.8 Å². The van der Waals surface area contributed by atoms with Crippen LogP contribution in [0, 0.1) is 11.4 Å². The number of alkyl halides is 3. The number of aryl methyl sites for hydroxylation is 1. The average Bonchev–Trinajstić information content (AvgIpc) is 3.57. The standard InChI is InChI=1S/C29H31F4N5O2S2/c1-26(2)16-28(41)10-9-18-5-3-4-6-20(18)42-36-25(39)19-7-8-22(34-24(19)37(26)17-28)38-21(30)15-23(35-38)40-14-13-27(11-12-27)29(31,32)33/h3-8,15,41H,9-14,16-17H2,1-2H3,(H,36,39). The lowest BCUT2D eigenvalue weighted by Crippen LogP contribution is -2.40. The zero-order chi connectivity index (χ0) is 29.9. The molecular weight excluding hydrogens is 590 g/mol. The molecule has 1 saturated heterocycles. The molecule has 7 nitrogen and oxygen atoms in total. The summed E-state index contributed by atoms with van der Waals surface area (Å²) in [5.41, 5.74) is -0.676. The molecule has 4 heterocycles. The number of ether oxygens (including phenoxy) is 1. The van der Waals surface area contributed by atoms with E-state index >= 15 is 4.39 Å². The van der Waals surface area contributed by atoms with Crippen LogP contribution in [0.5, 0.6) is 5.88 Å². The Morgan fingerprint density at radius 3 is 2.64 bits per heavy atom. The van der Waals surface area contributed by atoms with Crippen LogP contribution in [0.3, 0.4) is 0 Å². The molecule has 3 aromatic rings. The Bertz CT molecular complexity index is 1520. The Kier molecular flexibility index (Phi) is 7.19. The second kappa shape index (κ2) is 10.4. The first-order valence-electron chi connectivity index (χ1n) is 13.8. The third-order valence-corrected chi connectivity index (χ3v) is 9.97. The van der Waals surface area contributed by atoms with Crippen LogP contribution in [-0.4, -0.2) is 50.3 Å². The van der Waals surface area contributed by atoms with Crippen LogP contribution < -0.4 is 14.4 Å². The summed E-state index contributed by atoms with van der Waals surface area (Å²) in [4.78, 5) is 21.2.